The maximum atomic E-state index is 11.8. The second kappa shape index (κ2) is 5.29. The monoisotopic (exact) mass is 234 g/mol. The predicted molar refractivity (Wildman–Crippen MR) is 66.7 cm³/mol. The minimum Gasteiger partial charge on any atom is -0.380 e. The third-order valence-electron chi connectivity index (χ3n) is 3.10. The molecule has 0 aliphatic carbocycles. The van der Waals surface area contributed by atoms with Crippen molar-refractivity contribution in [3.8, 4) is 0 Å². The van der Waals surface area contributed by atoms with Crippen molar-refractivity contribution in [3.63, 3.8) is 0 Å². The quantitative estimate of drug-likeness (QED) is 0.850. The van der Waals surface area contributed by atoms with E-state index in [0.717, 1.165) is 17.8 Å². The van der Waals surface area contributed by atoms with Gasteiger partial charge in [-0.25, -0.2) is 0 Å². The Balaban J connectivity index is 2.09. The normalized spacial score (nSPS) is 20.0. The Bertz CT molecular complexity index is 389. The average molecular weight is 234 g/mol. The summed E-state index contributed by atoms with van der Waals surface area (Å²) in [7, 11) is 1.67. The van der Waals surface area contributed by atoms with Crippen molar-refractivity contribution in [3.05, 3.63) is 29.8 Å². The van der Waals surface area contributed by atoms with Gasteiger partial charge in [0.1, 0.15) is 0 Å². The fourth-order valence-corrected chi connectivity index (χ4v) is 2.13. The van der Waals surface area contributed by atoms with Crippen LogP contribution in [0.3, 0.4) is 0 Å². The van der Waals surface area contributed by atoms with Gasteiger partial charge in [-0.05, 0) is 30.2 Å². The van der Waals surface area contributed by atoms with Crippen LogP contribution >= 0.6 is 0 Å². The molecule has 4 heteroatoms. The molecule has 1 heterocycles. The molecule has 2 rings (SSSR count). The molecule has 1 aliphatic rings. The van der Waals surface area contributed by atoms with E-state index in [4.69, 9.17) is 10.5 Å². The van der Waals surface area contributed by atoms with Gasteiger partial charge in [-0.1, -0.05) is 12.1 Å². The van der Waals surface area contributed by atoms with Crippen molar-refractivity contribution in [2.45, 2.75) is 13.0 Å². The van der Waals surface area contributed by atoms with Crippen molar-refractivity contribution in [1.82, 2.24) is 0 Å². The van der Waals surface area contributed by atoms with E-state index in [1.807, 2.05) is 29.2 Å². The van der Waals surface area contributed by atoms with Crippen molar-refractivity contribution >= 4 is 11.6 Å². The van der Waals surface area contributed by atoms with Crippen molar-refractivity contribution in [2.75, 3.05) is 25.1 Å². The number of nitrogens with zero attached hydrogens (tertiary/aromatic N) is 1. The molecule has 1 saturated heterocycles. The number of methoxy groups -OCH3 is 1. The summed E-state index contributed by atoms with van der Waals surface area (Å²) >= 11 is 0. The molecule has 0 radical (unpaired) electrons. The van der Waals surface area contributed by atoms with Crippen LogP contribution in [-0.4, -0.2) is 26.1 Å². The summed E-state index contributed by atoms with van der Waals surface area (Å²) in [5, 5.41) is 0. The minimum absolute atomic E-state index is 0.167. The highest BCUT2D eigenvalue weighted by Gasteiger charge is 2.29. The zero-order valence-electron chi connectivity index (χ0n) is 10.1. The first-order valence-corrected chi connectivity index (χ1v) is 5.83. The Morgan fingerprint density at radius 1 is 1.41 bits per heavy atom. The van der Waals surface area contributed by atoms with Gasteiger partial charge >= 0.3 is 0 Å². The summed E-state index contributed by atoms with van der Waals surface area (Å²) in [6.45, 7) is 1.91. The molecule has 0 spiro atoms. The Kier molecular flexibility index (Phi) is 3.76. The molecule has 1 atom stereocenters. The average Bonchev–Trinajstić information content (AvgIpc) is 2.72. The van der Waals surface area contributed by atoms with Crippen LogP contribution in [0.4, 0.5) is 5.69 Å². The number of hydrogen-bond donors (Lipinski definition) is 1. The van der Waals surface area contributed by atoms with Gasteiger partial charge in [0.2, 0.25) is 5.91 Å². The van der Waals surface area contributed by atoms with Crippen molar-refractivity contribution < 1.29 is 9.53 Å². The standard InChI is InChI=1S/C13H18N2O2/c1-17-9-10-2-4-12(5-3-10)15-8-11(7-14)6-13(15)16/h2-5,11H,6-9,14H2,1H3. The molecule has 1 amide bonds. The predicted octanol–water partition coefficient (Wildman–Crippen LogP) is 1.14. The van der Waals surface area contributed by atoms with E-state index in [-0.39, 0.29) is 5.91 Å². The van der Waals surface area contributed by atoms with E-state index in [2.05, 4.69) is 0 Å². The molecule has 1 aliphatic heterocycles. The van der Waals surface area contributed by atoms with E-state index in [0.29, 0.717) is 25.5 Å². The number of rotatable bonds is 4. The van der Waals surface area contributed by atoms with Gasteiger partial charge in [0.05, 0.1) is 6.61 Å². The number of hydrogen-bond acceptors (Lipinski definition) is 3. The third-order valence-corrected chi connectivity index (χ3v) is 3.10. The van der Waals surface area contributed by atoms with Gasteiger partial charge in [0.25, 0.3) is 0 Å². The molecule has 2 N–H and O–H groups in total. The number of amides is 1. The van der Waals surface area contributed by atoms with E-state index in [1.54, 1.807) is 7.11 Å². The maximum absolute atomic E-state index is 11.8. The molecule has 1 aromatic carbocycles. The molecule has 17 heavy (non-hydrogen) atoms. The summed E-state index contributed by atoms with van der Waals surface area (Å²) in [6, 6.07) is 7.90. The van der Waals surface area contributed by atoms with Crippen LogP contribution in [0.5, 0.6) is 0 Å². The van der Waals surface area contributed by atoms with Crippen LogP contribution in [0.15, 0.2) is 24.3 Å². The highest BCUT2D eigenvalue weighted by molar-refractivity contribution is 5.95. The summed E-state index contributed by atoms with van der Waals surface area (Å²) in [6.07, 6.45) is 0.566. The molecule has 92 valence electrons. The van der Waals surface area contributed by atoms with Gasteiger partial charge in [-0.2, -0.15) is 0 Å². The smallest absolute Gasteiger partial charge is 0.227 e. The van der Waals surface area contributed by atoms with Gasteiger partial charge in [0, 0.05) is 25.8 Å². The Morgan fingerprint density at radius 3 is 2.65 bits per heavy atom. The molecular formula is C13H18N2O2. The lowest BCUT2D eigenvalue weighted by Gasteiger charge is -2.16. The van der Waals surface area contributed by atoms with Crippen LogP contribution in [0, 0.1) is 5.92 Å². The van der Waals surface area contributed by atoms with E-state index >= 15 is 0 Å². The van der Waals surface area contributed by atoms with Gasteiger partial charge in [0.15, 0.2) is 0 Å². The zero-order chi connectivity index (χ0) is 12.3. The fraction of sp³-hybridized carbons (Fsp3) is 0.462. The summed E-state index contributed by atoms with van der Waals surface area (Å²) in [5.74, 6) is 0.459. The molecule has 4 nitrogen and oxygen atoms in total. The van der Waals surface area contributed by atoms with Crippen LogP contribution in [0.2, 0.25) is 0 Å². The number of nitrogens with two attached hydrogens (primary N) is 1. The lowest BCUT2D eigenvalue weighted by Crippen LogP contribution is -2.25. The molecule has 0 saturated carbocycles. The number of carbonyl (C=O) groups excluding carboxylic acids is 1. The topological polar surface area (TPSA) is 55.6 Å². The summed E-state index contributed by atoms with van der Waals surface area (Å²) < 4.78 is 5.05. The van der Waals surface area contributed by atoms with Gasteiger partial charge < -0.3 is 15.4 Å². The number of ether oxygens (including phenoxy) is 1. The van der Waals surface area contributed by atoms with Crippen molar-refractivity contribution in [1.29, 1.82) is 0 Å². The number of benzene rings is 1. The first-order valence-electron chi connectivity index (χ1n) is 5.83. The molecule has 1 aromatic rings. The van der Waals surface area contributed by atoms with Gasteiger partial charge in [-0.3, -0.25) is 4.79 Å². The molecule has 0 aromatic heterocycles. The second-order valence-corrected chi connectivity index (χ2v) is 4.41. The lowest BCUT2D eigenvalue weighted by molar-refractivity contribution is -0.117. The third kappa shape index (κ3) is 2.65. The van der Waals surface area contributed by atoms with E-state index in [9.17, 15) is 4.79 Å². The van der Waals surface area contributed by atoms with E-state index in [1.165, 1.54) is 0 Å². The largest absolute Gasteiger partial charge is 0.380 e. The number of anilines is 1. The summed E-state index contributed by atoms with van der Waals surface area (Å²) in [5.41, 5.74) is 7.66. The molecule has 1 fully saturated rings. The SMILES string of the molecule is COCc1ccc(N2CC(CN)CC2=O)cc1. The zero-order valence-corrected chi connectivity index (χ0v) is 10.1. The lowest BCUT2D eigenvalue weighted by atomic mass is 10.1. The van der Waals surface area contributed by atoms with Crippen LogP contribution in [0.25, 0.3) is 0 Å². The summed E-state index contributed by atoms with van der Waals surface area (Å²) in [4.78, 5) is 13.6. The number of carbonyl (C=O) groups is 1. The first-order chi connectivity index (χ1) is 8.24. The Labute approximate surface area is 101 Å². The molecule has 0 bridgehead atoms. The first kappa shape index (κ1) is 12.1. The highest BCUT2D eigenvalue weighted by atomic mass is 16.5. The van der Waals surface area contributed by atoms with Crippen molar-refractivity contribution in [2.24, 2.45) is 11.7 Å². The Hall–Kier alpha value is -1.39. The Morgan fingerprint density at radius 2 is 2.12 bits per heavy atom. The van der Waals surface area contributed by atoms with Crippen LogP contribution in [-0.2, 0) is 16.1 Å². The van der Waals surface area contributed by atoms with Crippen LogP contribution < -0.4 is 10.6 Å². The van der Waals surface area contributed by atoms with E-state index < -0.39 is 0 Å². The fourth-order valence-electron chi connectivity index (χ4n) is 2.13. The molecular weight excluding hydrogens is 216 g/mol. The van der Waals surface area contributed by atoms with Crippen LogP contribution in [0.1, 0.15) is 12.0 Å². The molecule has 1 unspecified atom stereocenters. The maximum Gasteiger partial charge on any atom is 0.227 e. The van der Waals surface area contributed by atoms with Gasteiger partial charge in [-0.15, -0.1) is 0 Å². The minimum atomic E-state index is 0.167. The second-order valence-electron chi connectivity index (χ2n) is 4.41. The highest BCUT2D eigenvalue weighted by Crippen LogP contribution is 2.24.